The molecule has 0 saturated carbocycles. The van der Waals surface area contributed by atoms with Gasteiger partial charge in [-0.05, 0) is 31.4 Å². The maximum absolute atomic E-state index is 12.5. The fourth-order valence-electron chi connectivity index (χ4n) is 3.01. The Morgan fingerprint density at radius 1 is 1.32 bits per heavy atom. The van der Waals surface area contributed by atoms with Crippen LogP contribution >= 0.6 is 11.3 Å². The van der Waals surface area contributed by atoms with Crippen molar-refractivity contribution in [1.82, 2.24) is 9.88 Å². The minimum atomic E-state index is -4.36. The first-order valence-electron chi connectivity index (χ1n) is 8.23. The van der Waals surface area contributed by atoms with Gasteiger partial charge in [-0.25, -0.2) is 4.98 Å². The van der Waals surface area contributed by atoms with Crippen molar-refractivity contribution in [2.75, 3.05) is 19.8 Å². The molecule has 1 aromatic carbocycles. The highest BCUT2D eigenvalue weighted by Gasteiger charge is 2.31. The highest BCUT2D eigenvalue weighted by Crippen LogP contribution is 2.35. The normalized spacial score (nSPS) is 18.7. The lowest BCUT2D eigenvalue weighted by molar-refractivity contribution is -0.175. The number of alkyl halides is 3. The van der Waals surface area contributed by atoms with E-state index in [0.29, 0.717) is 6.54 Å². The molecule has 2 heterocycles. The Labute approximate surface area is 147 Å². The van der Waals surface area contributed by atoms with Gasteiger partial charge in [0.2, 0.25) is 5.91 Å². The van der Waals surface area contributed by atoms with Crippen LogP contribution in [0.1, 0.15) is 36.7 Å². The van der Waals surface area contributed by atoms with E-state index in [9.17, 15) is 18.0 Å². The molecule has 3 rings (SSSR count). The number of halogens is 3. The van der Waals surface area contributed by atoms with Gasteiger partial charge in [-0.15, -0.1) is 11.3 Å². The van der Waals surface area contributed by atoms with Crippen LogP contribution in [0.2, 0.25) is 0 Å². The summed E-state index contributed by atoms with van der Waals surface area (Å²) in [5, 5.41) is 0.894. The fourth-order valence-corrected chi connectivity index (χ4v) is 4.13. The molecule has 1 saturated heterocycles. The van der Waals surface area contributed by atoms with E-state index < -0.39 is 12.8 Å². The predicted octanol–water partition coefficient (Wildman–Crippen LogP) is 4.32. The second-order valence-electron chi connectivity index (χ2n) is 6.04. The van der Waals surface area contributed by atoms with Crippen LogP contribution in [-0.4, -0.2) is 41.7 Å². The minimum Gasteiger partial charge on any atom is -0.372 e. The Morgan fingerprint density at radius 2 is 2.12 bits per heavy atom. The zero-order chi connectivity index (χ0) is 17.9. The first-order valence-corrected chi connectivity index (χ1v) is 9.05. The number of nitrogens with zero attached hydrogens (tertiary/aromatic N) is 2. The lowest BCUT2D eigenvalue weighted by atomic mass is 10.0. The molecule has 4 nitrogen and oxygen atoms in total. The van der Waals surface area contributed by atoms with Gasteiger partial charge in [0.1, 0.15) is 11.6 Å². The molecule has 25 heavy (non-hydrogen) atoms. The topological polar surface area (TPSA) is 42.4 Å². The maximum Gasteiger partial charge on any atom is 0.411 e. The van der Waals surface area contributed by atoms with Crippen LogP contribution < -0.4 is 0 Å². The van der Waals surface area contributed by atoms with E-state index in [1.165, 1.54) is 0 Å². The summed E-state index contributed by atoms with van der Waals surface area (Å²) in [4.78, 5) is 18.9. The summed E-state index contributed by atoms with van der Waals surface area (Å²) < 4.78 is 41.9. The van der Waals surface area contributed by atoms with Crippen molar-refractivity contribution in [1.29, 1.82) is 0 Å². The Balaban J connectivity index is 1.65. The van der Waals surface area contributed by atoms with Crippen LogP contribution in [0.25, 0.3) is 10.2 Å². The average Bonchev–Trinajstić information content (AvgIpc) is 3.01. The number of likely N-dealkylation sites (tertiary alicyclic amines) is 1. The number of hydrogen-bond donors (Lipinski definition) is 0. The molecule has 8 heteroatoms. The van der Waals surface area contributed by atoms with Crippen molar-refractivity contribution in [2.45, 2.75) is 37.9 Å². The molecule has 0 aliphatic carbocycles. The van der Waals surface area contributed by atoms with E-state index >= 15 is 0 Å². The van der Waals surface area contributed by atoms with Gasteiger partial charge in [0.25, 0.3) is 0 Å². The van der Waals surface area contributed by atoms with Crippen LogP contribution in [0.3, 0.4) is 0 Å². The number of fused-ring (bicyclic) bond motifs is 1. The summed E-state index contributed by atoms with van der Waals surface area (Å²) in [5.41, 5.74) is 0.911. The van der Waals surface area contributed by atoms with Crippen molar-refractivity contribution in [3.8, 4) is 0 Å². The predicted molar refractivity (Wildman–Crippen MR) is 89.4 cm³/mol. The van der Waals surface area contributed by atoms with Crippen LogP contribution in [-0.2, 0) is 9.53 Å². The monoisotopic (exact) mass is 372 g/mol. The molecular weight excluding hydrogens is 353 g/mol. The van der Waals surface area contributed by atoms with Crippen molar-refractivity contribution in [3.05, 3.63) is 29.3 Å². The molecule has 0 radical (unpaired) electrons. The number of aromatic nitrogens is 1. The quantitative estimate of drug-likeness (QED) is 0.734. The fraction of sp³-hybridized carbons (Fsp3) is 0.529. The van der Waals surface area contributed by atoms with Crippen molar-refractivity contribution < 1.29 is 22.7 Å². The first kappa shape index (κ1) is 18.1. The van der Waals surface area contributed by atoms with Gasteiger partial charge >= 0.3 is 6.18 Å². The zero-order valence-corrected chi connectivity index (χ0v) is 14.4. The first-order chi connectivity index (χ1) is 11.9. The Hall–Kier alpha value is -1.67. The number of thiazole rings is 1. The number of hydrogen-bond acceptors (Lipinski definition) is 4. The third kappa shape index (κ3) is 4.70. The Morgan fingerprint density at radius 3 is 2.88 bits per heavy atom. The van der Waals surface area contributed by atoms with E-state index in [4.69, 9.17) is 0 Å². The number of benzene rings is 1. The average molecular weight is 372 g/mol. The molecule has 0 bridgehead atoms. The number of rotatable bonds is 5. The summed E-state index contributed by atoms with van der Waals surface area (Å²) in [6.07, 6.45) is -1.67. The van der Waals surface area contributed by atoms with E-state index in [-0.39, 0.29) is 25.0 Å². The van der Waals surface area contributed by atoms with E-state index in [2.05, 4.69) is 9.72 Å². The molecule has 1 aliphatic heterocycles. The second-order valence-corrected chi connectivity index (χ2v) is 7.10. The van der Waals surface area contributed by atoms with Crippen LogP contribution in [0.5, 0.6) is 0 Å². The molecule has 0 N–H and O–H groups in total. The summed E-state index contributed by atoms with van der Waals surface area (Å²) in [6, 6.07) is 7.71. The summed E-state index contributed by atoms with van der Waals surface area (Å²) in [6.45, 7) is -0.929. The third-order valence-corrected chi connectivity index (χ3v) is 5.28. The standard InChI is InChI=1S/C17H19F3N2O2S/c18-17(19,20)11-24-10-8-15(23)22-9-4-3-6-13(22)16-21-12-5-1-2-7-14(12)25-16/h1-2,5,7,13H,3-4,6,8-11H2. The molecule has 1 amide bonds. The molecule has 1 aromatic heterocycles. The summed E-state index contributed by atoms with van der Waals surface area (Å²) in [7, 11) is 0. The zero-order valence-electron chi connectivity index (χ0n) is 13.6. The second kappa shape index (κ2) is 7.70. The number of carbonyl (C=O) groups is 1. The molecule has 1 fully saturated rings. The molecule has 1 unspecified atom stereocenters. The van der Waals surface area contributed by atoms with Crippen LogP contribution in [0.4, 0.5) is 13.2 Å². The Bertz CT molecular complexity index is 699. The summed E-state index contributed by atoms with van der Waals surface area (Å²) >= 11 is 1.57. The van der Waals surface area contributed by atoms with Crippen molar-refractivity contribution in [2.24, 2.45) is 0 Å². The Kier molecular flexibility index (Phi) is 5.58. The van der Waals surface area contributed by atoms with E-state index in [0.717, 1.165) is 34.5 Å². The largest absolute Gasteiger partial charge is 0.411 e. The lowest BCUT2D eigenvalue weighted by Crippen LogP contribution is -2.39. The van der Waals surface area contributed by atoms with E-state index in [1.54, 1.807) is 16.2 Å². The van der Waals surface area contributed by atoms with Crippen LogP contribution in [0, 0.1) is 0 Å². The highest BCUT2D eigenvalue weighted by molar-refractivity contribution is 7.18. The van der Waals surface area contributed by atoms with Gasteiger partial charge in [0.15, 0.2) is 0 Å². The third-order valence-electron chi connectivity index (χ3n) is 4.14. The van der Waals surface area contributed by atoms with Gasteiger partial charge in [-0.1, -0.05) is 12.1 Å². The number of piperidine rings is 1. The molecule has 136 valence electrons. The van der Waals surface area contributed by atoms with E-state index in [1.807, 2.05) is 24.3 Å². The van der Waals surface area contributed by atoms with Crippen LogP contribution in [0.15, 0.2) is 24.3 Å². The maximum atomic E-state index is 12.5. The number of carbonyl (C=O) groups excluding carboxylic acids is 1. The molecular formula is C17H19F3N2O2S. The van der Waals surface area contributed by atoms with Gasteiger partial charge < -0.3 is 9.64 Å². The van der Waals surface area contributed by atoms with Gasteiger partial charge in [0.05, 0.1) is 29.3 Å². The van der Waals surface area contributed by atoms with Crippen molar-refractivity contribution in [3.63, 3.8) is 0 Å². The van der Waals surface area contributed by atoms with Gasteiger partial charge in [-0.3, -0.25) is 4.79 Å². The molecule has 0 spiro atoms. The lowest BCUT2D eigenvalue weighted by Gasteiger charge is -2.34. The minimum absolute atomic E-state index is 0.0442. The molecule has 1 aliphatic rings. The van der Waals surface area contributed by atoms with Gasteiger partial charge in [0, 0.05) is 6.54 Å². The smallest absolute Gasteiger partial charge is 0.372 e. The van der Waals surface area contributed by atoms with Gasteiger partial charge in [-0.2, -0.15) is 13.2 Å². The number of para-hydroxylation sites is 1. The number of ether oxygens (including phenoxy) is 1. The SMILES string of the molecule is O=C(CCOCC(F)(F)F)N1CCCCC1c1nc2ccccc2s1. The summed E-state index contributed by atoms with van der Waals surface area (Å²) in [5.74, 6) is -0.175. The van der Waals surface area contributed by atoms with Crippen molar-refractivity contribution >= 4 is 27.5 Å². The number of amides is 1. The highest BCUT2D eigenvalue weighted by atomic mass is 32.1. The molecule has 1 atom stereocenters. The molecule has 2 aromatic rings.